The van der Waals surface area contributed by atoms with Gasteiger partial charge in [0.2, 0.25) is 0 Å². The van der Waals surface area contributed by atoms with E-state index < -0.39 is 0 Å². The molecule has 0 radical (unpaired) electrons. The third-order valence-electron chi connectivity index (χ3n) is 22.4. The minimum Gasteiger partial charge on any atom is -0.376 e. The molecule has 16 rings (SSSR count). The number of rotatable bonds is 7. The highest BCUT2D eigenvalue weighted by atomic mass is 32.1. The van der Waals surface area contributed by atoms with Gasteiger partial charge in [-0.05, 0) is 228 Å². The maximum atomic E-state index is 2.83. The van der Waals surface area contributed by atoms with Crippen molar-refractivity contribution in [1.82, 2.24) is 0 Å². The summed E-state index contributed by atoms with van der Waals surface area (Å²) in [6.07, 6.45) is 6.91. The zero-order valence-corrected chi connectivity index (χ0v) is 55.0. The van der Waals surface area contributed by atoms with Crippen molar-refractivity contribution in [1.29, 1.82) is 0 Å². The number of benzene rings is 10. The van der Waals surface area contributed by atoms with Gasteiger partial charge in [0.05, 0.1) is 0 Å². The van der Waals surface area contributed by atoms with Crippen LogP contribution in [0.1, 0.15) is 155 Å². The molecule has 0 unspecified atom stereocenters. The molecule has 5 heteroatoms. The normalized spacial score (nSPS) is 18.3. The summed E-state index contributed by atoms with van der Waals surface area (Å²) >= 11 is 1.93. The number of hydrogen-bond acceptors (Lipinski definition) is 4. The Hall–Kier alpha value is -8.12. The monoisotopic (exact) mass is 1180 g/mol. The lowest BCUT2D eigenvalue weighted by atomic mass is 9.42. The van der Waals surface area contributed by atoms with Gasteiger partial charge in [-0.3, -0.25) is 0 Å². The lowest BCUT2D eigenvalue weighted by Crippen LogP contribution is -2.62. The molecule has 442 valence electrons. The molecule has 0 saturated heterocycles. The van der Waals surface area contributed by atoms with Gasteiger partial charge in [-0.2, -0.15) is 0 Å². The summed E-state index contributed by atoms with van der Waals surface area (Å²) in [6, 6.07) is 80.4. The van der Waals surface area contributed by atoms with Crippen LogP contribution in [0.15, 0.2) is 206 Å². The Labute approximate surface area is 533 Å². The topological polar surface area (TPSA) is 9.72 Å². The predicted molar refractivity (Wildman–Crippen MR) is 384 cm³/mol. The van der Waals surface area contributed by atoms with Gasteiger partial charge in [-0.15, -0.1) is 11.3 Å². The van der Waals surface area contributed by atoms with Gasteiger partial charge in [0.1, 0.15) is 0 Å². The molecule has 0 spiro atoms. The molecule has 0 amide bonds. The second kappa shape index (κ2) is 19.7. The summed E-state index contributed by atoms with van der Waals surface area (Å²) in [4.78, 5) is 8.12. The molecule has 0 bridgehead atoms. The van der Waals surface area contributed by atoms with Crippen LogP contribution in [0.25, 0.3) is 53.6 Å². The third kappa shape index (κ3) is 8.86. The summed E-state index contributed by atoms with van der Waals surface area (Å²) < 4.78 is 2.63. The molecule has 0 saturated carbocycles. The van der Waals surface area contributed by atoms with Crippen molar-refractivity contribution < 1.29 is 0 Å². The molecule has 0 fully saturated rings. The highest BCUT2D eigenvalue weighted by Crippen LogP contribution is 2.57. The van der Waals surface area contributed by atoms with Crippen LogP contribution < -0.4 is 25.5 Å². The Bertz CT molecular complexity index is 4590. The van der Waals surface area contributed by atoms with Gasteiger partial charge in [-0.25, -0.2) is 0 Å². The van der Waals surface area contributed by atoms with Crippen LogP contribution in [0.3, 0.4) is 0 Å². The number of fused-ring (bicyclic) bond motifs is 10. The van der Waals surface area contributed by atoms with E-state index in [1.54, 1.807) is 0 Å². The Morgan fingerprint density at radius 3 is 1.35 bits per heavy atom. The first-order valence-corrected chi connectivity index (χ1v) is 33.7. The zero-order valence-electron chi connectivity index (χ0n) is 54.2. The van der Waals surface area contributed by atoms with Crippen LogP contribution >= 0.6 is 11.3 Å². The zero-order chi connectivity index (χ0) is 61.3. The first-order chi connectivity index (χ1) is 42.6. The molecule has 1 aromatic heterocycles. The van der Waals surface area contributed by atoms with Gasteiger partial charge < -0.3 is 14.6 Å². The van der Waals surface area contributed by atoms with E-state index in [2.05, 4.69) is 304 Å². The quantitative estimate of drug-likeness (QED) is 0.147. The molecule has 5 aliphatic rings. The van der Waals surface area contributed by atoms with Gasteiger partial charge in [0, 0.05) is 71.2 Å². The minimum atomic E-state index is -0.171. The fourth-order valence-electron chi connectivity index (χ4n) is 16.7. The van der Waals surface area contributed by atoms with Crippen molar-refractivity contribution in [2.45, 2.75) is 154 Å². The van der Waals surface area contributed by atoms with E-state index in [-0.39, 0.29) is 39.3 Å². The number of hydrogen-bond donors (Lipinski definition) is 0. The fraction of sp³-hybridized carbons (Fsp3) is 0.286. The number of thiophene rings is 1. The van der Waals surface area contributed by atoms with Crippen molar-refractivity contribution in [3.63, 3.8) is 0 Å². The van der Waals surface area contributed by atoms with Crippen molar-refractivity contribution in [2.75, 3.05) is 14.6 Å². The first-order valence-electron chi connectivity index (χ1n) is 32.9. The summed E-state index contributed by atoms with van der Waals surface area (Å²) in [5, 5.41) is 2.64. The van der Waals surface area contributed by atoms with Gasteiger partial charge in [0.25, 0.3) is 0 Å². The molecule has 3 heterocycles. The smallest absolute Gasteiger partial charge is 0.333 e. The van der Waals surface area contributed by atoms with E-state index in [9.17, 15) is 0 Å². The van der Waals surface area contributed by atoms with Crippen LogP contribution in [-0.4, -0.2) is 6.85 Å². The number of nitrogens with zero attached hydrogens (tertiary/aromatic N) is 3. The Kier molecular flexibility index (Phi) is 12.4. The van der Waals surface area contributed by atoms with Gasteiger partial charge in [-0.1, -0.05) is 204 Å². The van der Waals surface area contributed by atoms with Crippen molar-refractivity contribution in [2.24, 2.45) is 0 Å². The molecule has 3 nitrogen and oxygen atoms in total. The van der Waals surface area contributed by atoms with E-state index in [0.29, 0.717) is 0 Å². The van der Waals surface area contributed by atoms with Crippen LogP contribution in [0.5, 0.6) is 0 Å². The molecule has 10 aromatic carbocycles. The lowest BCUT2D eigenvalue weighted by Gasteiger charge is -2.49. The van der Waals surface area contributed by atoms with E-state index in [4.69, 9.17) is 0 Å². The molecular formula is C84H82BN3S. The van der Waals surface area contributed by atoms with Crippen LogP contribution in [0.4, 0.5) is 45.5 Å². The summed E-state index contributed by atoms with van der Waals surface area (Å²) in [7, 11) is 0. The SMILES string of the molecule is CC1(C)CCC(C)(C)c2cc(N3B4c5cc6c(cc5N(c5ccc7c(c5)C(C)(C)CCC7(C)C)c5cc(N(c7ccc(-c8ccccc8)cc7)c7ccc(-c8ccccc8)cc7)cc(c54)-c4cc5sc7ccccc7c5cc43)C(C)(C)CCC6(C)C)ccc21. The first kappa shape index (κ1) is 56.1. The van der Waals surface area contributed by atoms with Crippen LogP contribution in [0, 0.1) is 0 Å². The minimum absolute atomic E-state index is 0.0000645. The molecule has 0 atom stereocenters. The standard InChI is InChI=1S/C84H82BN3S/c1-79(2)39-41-81(5,6)68-46-59(35-37-66(68)79)87-74-52-71-70(83(9,10)43-44-84(71,11)12)51-72(74)85-78-65(63-50-77-64(62-25-19-20-26-76(62)89-77)49-73(63)88(85)60-36-38-67-69(47-60)82(7,8)42-40-80(67,3)4)45-61(48-75(78)87)86(57-31-27-55(28-32-57)53-21-15-13-16-22-53)58-33-29-56(30-34-58)54-23-17-14-18-24-54/h13-38,45-52H,39-44H2,1-12H3. The molecule has 2 aliphatic heterocycles. The fourth-order valence-corrected chi connectivity index (χ4v) is 17.8. The van der Waals surface area contributed by atoms with Crippen molar-refractivity contribution in [3.05, 3.63) is 240 Å². The highest BCUT2D eigenvalue weighted by Gasteiger charge is 2.50. The maximum absolute atomic E-state index is 2.83. The average molecular weight is 1180 g/mol. The van der Waals surface area contributed by atoms with Crippen LogP contribution in [0.2, 0.25) is 0 Å². The largest absolute Gasteiger partial charge is 0.376 e. The molecule has 0 N–H and O–H groups in total. The molecular weight excluding hydrogens is 1090 g/mol. The maximum Gasteiger partial charge on any atom is 0.333 e. The van der Waals surface area contributed by atoms with Gasteiger partial charge >= 0.3 is 6.85 Å². The summed E-state index contributed by atoms with van der Waals surface area (Å²) in [5.41, 5.74) is 28.7. The summed E-state index contributed by atoms with van der Waals surface area (Å²) in [5.74, 6) is 0. The Balaban J connectivity index is 1.04. The van der Waals surface area contributed by atoms with Crippen LogP contribution in [-0.2, 0) is 32.5 Å². The predicted octanol–water partition coefficient (Wildman–Crippen LogP) is 22.6. The van der Waals surface area contributed by atoms with Gasteiger partial charge in [0.15, 0.2) is 0 Å². The van der Waals surface area contributed by atoms with Crippen molar-refractivity contribution >= 4 is 94.8 Å². The second-order valence-electron chi connectivity index (χ2n) is 30.9. The van der Waals surface area contributed by atoms with Crippen molar-refractivity contribution in [3.8, 4) is 33.4 Å². The Morgan fingerprint density at radius 2 is 0.798 bits per heavy atom. The summed E-state index contributed by atoms with van der Waals surface area (Å²) in [6.45, 7) is 29.7. The van der Waals surface area contributed by atoms with E-state index in [1.807, 2.05) is 11.3 Å². The molecule has 3 aliphatic carbocycles. The number of anilines is 8. The van der Waals surface area contributed by atoms with E-state index in [0.717, 1.165) is 42.7 Å². The van der Waals surface area contributed by atoms with E-state index in [1.165, 1.54) is 139 Å². The molecule has 89 heavy (non-hydrogen) atoms. The molecule has 11 aromatic rings. The second-order valence-corrected chi connectivity index (χ2v) is 32.0. The highest BCUT2D eigenvalue weighted by molar-refractivity contribution is 7.25. The third-order valence-corrected chi connectivity index (χ3v) is 23.6. The van der Waals surface area contributed by atoms with E-state index >= 15 is 0 Å². The Morgan fingerprint density at radius 1 is 0.337 bits per heavy atom. The lowest BCUT2D eigenvalue weighted by molar-refractivity contribution is 0.332. The average Bonchev–Trinajstić information content (AvgIpc) is 1.09.